The minimum Gasteiger partial charge on any atom is -0.356 e. The van der Waals surface area contributed by atoms with E-state index in [2.05, 4.69) is 68.3 Å². The Balaban J connectivity index is 1.52. The number of hydrogen-bond acceptors (Lipinski definition) is 2. The van der Waals surface area contributed by atoms with Crippen molar-refractivity contribution in [2.45, 2.75) is 53.0 Å². The lowest BCUT2D eigenvalue weighted by Crippen LogP contribution is -2.45. The van der Waals surface area contributed by atoms with Gasteiger partial charge in [-0.25, -0.2) is 0 Å². The van der Waals surface area contributed by atoms with Crippen molar-refractivity contribution in [3.8, 4) is 0 Å². The van der Waals surface area contributed by atoms with Gasteiger partial charge in [0.15, 0.2) is 0 Å². The standard InChI is InChI=1S/C28H35N3O2/c1-19(17-28(2,3)4)16-24(32)29-18-25(33)31-15-14-22-21-12-8-9-13-23(21)30-26(22)27(31)20-10-6-5-7-11-20/h5-13,19,27,30H,14-18H2,1-4H3,(H,29,32). The van der Waals surface area contributed by atoms with Gasteiger partial charge < -0.3 is 15.2 Å². The molecule has 2 unspecified atom stereocenters. The third-order valence-electron chi connectivity index (χ3n) is 6.40. The lowest BCUT2D eigenvalue weighted by atomic mass is 9.84. The second-order valence-electron chi connectivity index (χ2n) is 10.6. The topological polar surface area (TPSA) is 65.2 Å². The molecule has 0 aliphatic carbocycles. The fourth-order valence-electron chi connectivity index (χ4n) is 5.27. The summed E-state index contributed by atoms with van der Waals surface area (Å²) in [6, 6.07) is 18.3. The summed E-state index contributed by atoms with van der Waals surface area (Å²) in [4.78, 5) is 31.3. The van der Waals surface area contributed by atoms with Gasteiger partial charge in [0.1, 0.15) is 0 Å². The Kier molecular flexibility index (Phi) is 6.59. The van der Waals surface area contributed by atoms with Gasteiger partial charge in [-0.3, -0.25) is 9.59 Å². The molecule has 1 aliphatic heterocycles. The largest absolute Gasteiger partial charge is 0.356 e. The molecule has 2 aromatic carbocycles. The van der Waals surface area contributed by atoms with E-state index in [1.807, 2.05) is 29.2 Å². The van der Waals surface area contributed by atoms with Crippen LogP contribution in [0.4, 0.5) is 0 Å². The highest BCUT2D eigenvalue weighted by molar-refractivity contribution is 5.88. The van der Waals surface area contributed by atoms with Crippen LogP contribution >= 0.6 is 0 Å². The van der Waals surface area contributed by atoms with Gasteiger partial charge in [-0.2, -0.15) is 0 Å². The van der Waals surface area contributed by atoms with E-state index in [0.29, 0.717) is 13.0 Å². The summed E-state index contributed by atoms with van der Waals surface area (Å²) in [5.41, 5.74) is 4.71. The molecule has 2 atom stereocenters. The second-order valence-corrected chi connectivity index (χ2v) is 10.6. The van der Waals surface area contributed by atoms with Crippen molar-refractivity contribution in [3.05, 3.63) is 71.4 Å². The van der Waals surface area contributed by atoms with E-state index in [4.69, 9.17) is 0 Å². The van der Waals surface area contributed by atoms with E-state index < -0.39 is 0 Å². The average molecular weight is 446 g/mol. The van der Waals surface area contributed by atoms with Gasteiger partial charge in [-0.15, -0.1) is 0 Å². The number of fused-ring (bicyclic) bond motifs is 3. The highest BCUT2D eigenvalue weighted by atomic mass is 16.2. The quantitative estimate of drug-likeness (QED) is 0.546. The summed E-state index contributed by atoms with van der Waals surface area (Å²) >= 11 is 0. The van der Waals surface area contributed by atoms with Crippen molar-refractivity contribution in [3.63, 3.8) is 0 Å². The highest BCUT2D eigenvalue weighted by Gasteiger charge is 2.34. The van der Waals surface area contributed by atoms with E-state index in [1.54, 1.807) is 0 Å². The molecule has 0 saturated carbocycles. The molecular formula is C28H35N3O2. The predicted molar refractivity (Wildman–Crippen MR) is 133 cm³/mol. The Hall–Kier alpha value is -3.08. The Labute approximate surface area is 196 Å². The van der Waals surface area contributed by atoms with Crippen LogP contribution in [0.2, 0.25) is 0 Å². The molecule has 174 valence electrons. The number of aromatic amines is 1. The number of rotatable bonds is 6. The van der Waals surface area contributed by atoms with Crippen LogP contribution in [0.25, 0.3) is 10.9 Å². The maximum atomic E-state index is 13.3. The molecule has 5 heteroatoms. The van der Waals surface area contributed by atoms with Gasteiger partial charge in [-0.1, -0.05) is 76.2 Å². The Bertz CT molecular complexity index is 1130. The van der Waals surface area contributed by atoms with Gasteiger partial charge in [0.05, 0.1) is 12.6 Å². The molecule has 0 radical (unpaired) electrons. The molecule has 2 amide bonds. The van der Waals surface area contributed by atoms with Gasteiger partial charge in [0.25, 0.3) is 0 Å². The van der Waals surface area contributed by atoms with Crippen molar-refractivity contribution in [1.29, 1.82) is 0 Å². The number of nitrogens with one attached hydrogen (secondary N) is 2. The number of aromatic nitrogens is 1. The van der Waals surface area contributed by atoms with Crippen LogP contribution in [-0.4, -0.2) is 34.8 Å². The van der Waals surface area contributed by atoms with Crippen LogP contribution in [0.1, 0.15) is 63.4 Å². The average Bonchev–Trinajstić information content (AvgIpc) is 3.14. The van der Waals surface area contributed by atoms with Crippen molar-refractivity contribution < 1.29 is 9.59 Å². The van der Waals surface area contributed by atoms with Crippen molar-refractivity contribution in [2.24, 2.45) is 11.3 Å². The van der Waals surface area contributed by atoms with Crippen LogP contribution in [0, 0.1) is 11.3 Å². The number of benzene rings is 2. The Morgan fingerprint density at radius 3 is 2.52 bits per heavy atom. The van der Waals surface area contributed by atoms with E-state index >= 15 is 0 Å². The molecule has 5 nitrogen and oxygen atoms in total. The molecule has 1 aliphatic rings. The molecule has 0 saturated heterocycles. The minimum atomic E-state index is -0.188. The third kappa shape index (κ3) is 5.29. The monoisotopic (exact) mass is 445 g/mol. The zero-order chi connectivity index (χ0) is 23.6. The third-order valence-corrected chi connectivity index (χ3v) is 6.40. The zero-order valence-corrected chi connectivity index (χ0v) is 20.2. The maximum Gasteiger partial charge on any atom is 0.242 e. The van der Waals surface area contributed by atoms with Gasteiger partial charge >= 0.3 is 0 Å². The van der Waals surface area contributed by atoms with Crippen molar-refractivity contribution in [2.75, 3.05) is 13.1 Å². The molecule has 0 bridgehead atoms. The molecule has 2 N–H and O–H groups in total. The first-order chi connectivity index (χ1) is 15.7. The SMILES string of the molecule is CC(CC(=O)NCC(=O)N1CCc2c([nH]c3ccccc23)C1c1ccccc1)CC(C)(C)C. The van der Waals surface area contributed by atoms with Crippen LogP contribution in [0.15, 0.2) is 54.6 Å². The number of hydrogen-bond donors (Lipinski definition) is 2. The predicted octanol–water partition coefficient (Wildman–Crippen LogP) is 5.22. The molecule has 4 rings (SSSR count). The van der Waals surface area contributed by atoms with E-state index in [-0.39, 0.29) is 35.7 Å². The lowest BCUT2D eigenvalue weighted by Gasteiger charge is -2.36. The maximum absolute atomic E-state index is 13.3. The molecule has 2 heterocycles. The van der Waals surface area contributed by atoms with Gasteiger partial charge in [0, 0.05) is 29.6 Å². The number of H-pyrrole nitrogens is 1. The van der Waals surface area contributed by atoms with E-state index in [9.17, 15) is 9.59 Å². The van der Waals surface area contributed by atoms with Crippen molar-refractivity contribution >= 4 is 22.7 Å². The number of carbonyl (C=O) groups excluding carboxylic acids is 2. The second kappa shape index (κ2) is 9.42. The lowest BCUT2D eigenvalue weighted by molar-refractivity contribution is -0.134. The fraction of sp³-hybridized carbons (Fsp3) is 0.429. The molecular weight excluding hydrogens is 410 g/mol. The van der Waals surface area contributed by atoms with Gasteiger partial charge in [0.2, 0.25) is 11.8 Å². The first-order valence-electron chi connectivity index (χ1n) is 11.9. The smallest absolute Gasteiger partial charge is 0.242 e. The van der Waals surface area contributed by atoms with Crippen LogP contribution in [0.3, 0.4) is 0 Å². The molecule has 3 aromatic rings. The van der Waals surface area contributed by atoms with Crippen LogP contribution in [-0.2, 0) is 16.0 Å². The molecule has 0 fully saturated rings. The van der Waals surface area contributed by atoms with E-state index in [0.717, 1.165) is 29.6 Å². The molecule has 1 aromatic heterocycles. The minimum absolute atomic E-state index is 0.0277. The first kappa shape index (κ1) is 23.1. The molecule has 33 heavy (non-hydrogen) atoms. The fourth-order valence-corrected chi connectivity index (χ4v) is 5.27. The van der Waals surface area contributed by atoms with Crippen LogP contribution < -0.4 is 5.32 Å². The Morgan fingerprint density at radius 2 is 1.79 bits per heavy atom. The zero-order valence-electron chi connectivity index (χ0n) is 20.2. The summed E-state index contributed by atoms with van der Waals surface area (Å²) in [7, 11) is 0. The summed E-state index contributed by atoms with van der Waals surface area (Å²) in [5, 5.41) is 4.10. The number of amides is 2. The van der Waals surface area contributed by atoms with Crippen molar-refractivity contribution in [1.82, 2.24) is 15.2 Å². The first-order valence-corrected chi connectivity index (χ1v) is 11.9. The van der Waals surface area contributed by atoms with E-state index in [1.165, 1.54) is 10.9 Å². The number of nitrogens with zero attached hydrogens (tertiary/aromatic N) is 1. The molecule has 0 spiro atoms. The normalized spacial score (nSPS) is 17.0. The highest BCUT2D eigenvalue weighted by Crippen LogP contribution is 2.38. The number of carbonyl (C=O) groups is 2. The summed E-state index contributed by atoms with van der Waals surface area (Å²) in [6.07, 6.45) is 2.21. The van der Waals surface area contributed by atoms with Gasteiger partial charge in [-0.05, 0) is 41.4 Å². The summed E-state index contributed by atoms with van der Waals surface area (Å²) in [5.74, 6) is 0.172. The van der Waals surface area contributed by atoms with Crippen LogP contribution in [0.5, 0.6) is 0 Å². The number of para-hydroxylation sites is 1. The Morgan fingerprint density at radius 1 is 1.09 bits per heavy atom. The summed E-state index contributed by atoms with van der Waals surface area (Å²) in [6.45, 7) is 9.31. The summed E-state index contributed by atoms with van der Waals surface area (Å²) < 4.78 is 0.